The molecule has 3 N–H and O–H groups in total. The van der Waals surface area contributed by atoms with Crippen molar-refractivity contribution < 1.29 is 9.53 Å². The van der Waals surface area contributed by atoms with E-state index in [1.807, 2.05) is 13.8 Å². The monoisotopic (exact) mass is 254 g/mol. The van der Waals surface area contributed by atoms with Gasteiger partial charge in [-0.15, -0.1) is 0 Å². The lowest BCUT2D eigenvalue weighted by Crippen LogP contribution is -2.40. The molecule has 0 radical (unpaired) electrons. The number of ether oxygens (including phenoxy) is 1. The number of nitrogens with zero attached hydrogens (tertiary/aromatic N) is 2. The average Bonchev–Trinajstić information content (AvgIpc) is 2.81. The molecule has 0 saturated heterocycles. The summed E-state index contributed by atoms with van der Waals surface area (Å²) >= 11 is 0. The van der Waals surface area contributed by atoms with E-state index in [0.29, 0.717) is 18.8 Å². The number of hydrogen-bond acceptors (Lipinski definition) is 4. The van der Waals surface area contributed by atoms with Gasteiger partial charge >= 0.3 is 0 Å². The Morgan fingerprint density at radius 2 is 2.39 bits per heavy atom. The van der Waals surface area contributed by atoms with Crippen molar-refractivity contribution in [1.29, 1.82) is 0 Å². The van der Waals surface area contributed by atoms with E-state index in [2.05, 4.69) is 10.4 Å². The van der Waals surface area contributed by atoms with Gasteiger partial charge in [-0.25, -0.2) is 0 Å². The smallest absolute Gasteiger partial charge is 0.241 e. The molecule has 18 heavy (non-hydrogen) atoms. The lowest BCUT2D eigenvalue weighted by atomic mass is 9.99. The molecule has 6 heteroatoms. The third-order valence-corrected chi connectivity index (χ3v) is 2.99. The standard InChI is InChI=1S/C12H22N4O2/c1-4-9(2)11(13)12(17)15-10-7-14-16(8-10)5-6-18-3/h7-9,11H,4-6,13H2,1-3H3,(H,15,17). The lowest BCUT2D eigenvalue weighted by Gasteiger charge is -2.16. The Morgan fingerprint density at radius 3 is 3.00 bits per heavy atom. The van der Waals surface area contributed by atoms with E-state index in [1.54, 1.807) is 24.2 Å². The highest BCUT2D eigenvalue weighted by atomic mass is 16.5. The number of amides is 1. The van der Waals surface area contributed by atoms with Crippen molar-refractivity contribution in [3.63, 3.8) is 0 Å². The third-order valence-electron chi connectivity index (χ3n) is 2.99. The molecular formula is C12H22N4O2. The highest BCUT2D eigenvalue weighted by Gasteiger charge is 2.19. The zero-order chi connectivity index (χ0) is 13.5. The number of anilines is 1. The van der Waals surface area contributed by atoms with Gasteiger partial charge in [0.1, 0.15) is 0 Å². The molecule has 6 nitrogen and oxygen atoms in total. The number of nitrogens with one attached hydrogen (secondary N) is 1. The van der Waals surface area contributed by atoms with Gasteiger partial charge in [0.05, 0.1) is 31.1 Å². The maximum atomic E-state index is 11.8. The molecule has 0 aliphatic rings. The summed E-state index contributed by atoms with van der Waals surface area (Å²) in [6.45, 7) is 5.22. The third kappa shape index (κ3) is 4.12. The van der Waals surface area contributed by atoms with Gasteiger partial charge in [-0.2, -0.15) is 5.10 Å². The summed E-state index contributed by atoms with van der Waals surface area (Å²) < 4.78 is 6.67. The lowest BCUT2D eigenvalue weighted by molar-refractivity contribution is -0.118. The largest absolute Gasteiger partial charge is 0.383 e. The first-order chi connectivity index (χ1) is 8.58. The summed E-state index contributed by atoms with van der Waals surface area (Å²) in [6, 6.07) is -0.489. The van der Waals surface area contributed by atoms with E-state index in [1.165, 1.54) is 0 Å². The number of methoxy groups -OCH3 is 1. The number of nitrogens with two attached hydrogens (primary N) is 1. The average molecular weight is 254 g/mol. The first kappa shape index (κ1) is 14.7. The van der Waals surface area contributed by atoms with Crippen LogP contribution in [-0.4, -0.2) is 35.4 Å². The van der Waals surface area contributed by atoms with Gasteiger partial charge in [0.2, 0.25) is 5.91 Å². The molecule has 0 aliphatic heterocycles. The van der Waals surface area contributed by atoms with Crippen LogP contribution in [0.25, 0.3) is 0 Å². The zero-order valence-corrected chi connectivity index (χ0v) is 11.2. The van der Waals surface area contributed by atoms with E-state index in [4.69, 9.17) is 10.5 Å². The second-order valence-electron chi connectivity index (χ2n) is 4.39. The first-order valence-electron chi connectivity index (χ1n) is 6.16. The Labute approximate surface area is 107 Å². The molecule has 0 bridgehead atoms. The molecule has 0 aliphatic carbocycles. The van der Waals surface area contributed by atoms with E-state index < -0.39 is 6.04 Å². The van der Waals surface area contributed by atoms with Crippen LogP contribution in [0.2, 0.25) is 0 Å². The van der Waals surface area contributed by atoms with E-state index in [-0.39, 0.29) is 11.8 Å². The van der Waals surface area contributed by atoms with Crippen LogP contribution >= 0.6 is 0 Å². The summed E-state index contributed by atoms with van der Waals surface area (Å²) in [4.78, 5) is 11.8. The van der Waals surface area contributed by atoms with Gasteiger partial charge in [-0.1, -0.05) is 20.3 Å². The molecule has 1 aromatic heterocycles. The van der Waals surface area contributed by atoms with Crippen molar-refractivity contribution >= 4 is 11.6 Å². The fourth-order valence-corrected chi connectivity index (χ4v) is 1.47. The highest BCUT2D eigenvalue weighted by molar-refractivity contribution is 5.94. The maximum Gasteiger partial charge on any atom is 0.241 e. The molecular weight excluding hydrogens is 232 g/mol. The molecule has 2 atom stereocenters. The molecule has 0 saturated carbocycles. The zero-order valence-electron chi connectivity index (χ0n) is 11.2. The number of hydrogen-bond donors (Lipinski definition) is 2. The summed E-state index contributed by atoms with van der Waals surface area (Å²) in [5.74, 6) is -0.0100. The Kier molecular flexibility index (Phi) is 5.80. The molecule has 1 aromatic rings. The quantitative estimate of drug-likeness (QED) is 0.755. The molecule has 0 spiro atoms. The second kappa shape index (κ2) is 7.13. The SMILES string of the molecule is CCC(C)C(N)C(=O)Nc1cnn(CCOC)c1. The molecule has 1 heterocycles. The minimum absolute atomic E-state index is 0.161. The van der Waals surface area contributed by atoms with Crippen LogP contribution < -0.4 is 11.1 Å². The second-order valence-corrected chi connectivity index (χ2v) is 4.39. The normalized spacial score (nSPS) is 14.2. The Balaban J connectivity index is 2.51. The van der Waals surface area contributed by atoms with Crippen LogP contribution in [0.1, 0.15) is 20.3 Å². The number of carbonyl (C=O) groups is 1. The molecule has 1 rings (SSSR count). The van der Waals surface area contributed by atoms with Gasteiger partial charge in [0, 0.05) is 13.3 Å². The van der Waals surface area contributed by atoms with Crippen molar-refractivity contribution in [2.45, 2.75) is 32.9 Å². The summed E-state index contributed by atoms with van der Waals surface area (Å²) in [5.41, 5.74) is 6.51. The van der Waals surface area contributed by atoms with Crippen LogP contribution in [0, 0.1) is 5.92 Å². The molecule has 0 aromatic carbocycles. The fourth-order valence-electron chi connectivity index (χ4n) is 1.47. The van der Waals surface area contributed by atoms with Gasteiger partial charge in [-0.05, 0) is 5.92 Å². The predicted octanol–water partition coefficient (Wildman–Crippen LogP) is 0.841. The summed E-state index contributed by atoms with van der Waals surface area (Å²) in [5, 5.41) is 6.88. The fraction of sp³-hybridized carbons (Fsp3) is 0.667. The van der Waals surface area contributed by atoms with Crippen LogP contribution in [0.15, 0.2) is 12.4 Å². The van der Waals surface area contributed by atoms with Crippen molar-refractivity contribution in [2.24, 2.45) is 11.7 Å². The van der Waals surface area contributed by atoms with E-state index in [9.17, 15) is 4.79 Å². The van der Waals surface area contributed by atoms with Gasteiger partial charge in [0.15, 0.2) is 0 Å². The van der Waals surface area contributed by atoms with Crippen molar-refractivity contribution in [3.8, 4) is 0 Å². The Hall–Kier alpha value is -1.40. The van der Waals surface area contributed by atoms with Crippen LogP contribution in [0.4, 0.5) is 5.69 Å². The van der Waals surface area contributed by atoms with Crippen LogP contribution in [0.3, 0.4) is 0 Å². The predicted molar refractivity (Wildman–Crippen MR) is 70.2 cm³/mol. The topological polar surface area (TPSA) is 82.2 Å². The minimum Gasteiger partial charge on any atom is -0.383 e. The van der Waals surface area contributed by atoms with Crippen molar-refractivity contribution in [2.75, 3.05) is 19.0 Å². The van der Waals surface area contributed by atoms with Gasteiger partial charge in [-0.3, -0.25) is 9.48 Å². The number of carbonyl (C=O) groups excluding carboxylic acids is 1. The van der Waals surface area contributed by atoms with Crippen LogP contribution in [0.5, 0.6) is 0 Å². The van der Waals surface area contributed by atoms with E-state index >= 15 is 0 Å². The van der Waals surface area contributed by atoms with Crippen molar-refractivity contribution in [1.82, 2.24) is 9.78 Å². The molecule has 1 amide bonds. The summed E-state index contributed by atoms with van der Waals surface area (Å²) in [6.07, 6.45) is 4.25. The van der Waals surface area contributed by atoms with Gasteiger partial charge < -0.3 is 15.8 Å². The van der Waals surface area contributed by atoms with Crippen molar-refractivity contribution in [3.05, 3.63) is 12.4 Å². The minimum atomic E-state index is -0.489. The maximum absolute atomic E-state index is 11.8. The van der Waals surface area contributed by atoms with Gasteiger partial charge in [0.25, 0.3) is 0 Å². The number of rotatable bonds is 7. The first-order valence-corrected chi connectivity index (χ1v) is 6.16. The molecule has 102 valence electrons. The Bertz CT molecular complexity index is 378. The summed E-state index contributed by atoms with van der Waals surface area (Å²) in [7, 11) is 1.64. The highest BCUT2D eigenvalue weighted by Crippen LogP contribution is 2.10. The van der Waals surface area contributed by atoms with E-state index in [0.717, 1.165) is 6.42 Å². The molecule has 0 fully saturated rings. The van der Waals surface area contributed by atoms with Crippen LogP contribution in [-0.2, 0) is 16.1 Å². The number of aromatic nitrogens is 2. The molecule has 2 unspecified atom stereocenters. The Morgan fingerprint density at radius 1 is 1.67 bits per heavy atom.